The molecule has 1 aliphatic rings. The molecule has 0 amide bonds. The van der Waals surface area contributed by atoms with Crippen LogP contribution in [0.4, 0.5) is 4.39 Å². The van der Waals surface area contributed by atoms with Crippen LogP contribution in [0.1, 0.15) is 42.5 Å². The maximum absolute atomic E-state index is 13.1. The van der Waals surface area contributed by atoms with Gasteiger partial charge in [0.25, 0.3) is 0 Å². The number of rotatable bonds is 4. The number of carbonyl (C=O) groups excluding carboxylic acids is 1. The first-order chi connectivity index (χ1) is 9.08. The molecule has 2 rings (SSSR count). The molecule has 1 saturated carbocycles. The quantitative estimate of drug-likeness (QED) is 0.849. The summed E-state index contributed by atoms with van der Waals surface area (Å²) in [6.45, 7) is 0. The van der Waals surface area contributed by atoms with Crippen LogP contribution in [0.5, 0.6) is 0 Å². The fourth-order valence-electron chi connectivity index (χ4n) is 2.80. The average Bonchev–Trinajstić information content (AvgIpc) is 2.39. The molecule has 1 aromatic rings. The molecular weight excluding hydrogens is 247 g/mol. The predicted octanol–water partition coefficient (Wildman–Crippen LogP) is 3.29. The molecule has 0 aromatic heterocycles. The number of hydrogen-bond donors (Lipinski definition) is 1. The first kappa shape index (κ1) is 13.7. The van der Waals surface area contributed by atoms with E-state index in [0.717, 1.165) is 19.3 Å². The van der Waals surface area contributed by atoms with Crippen LogP contribution in [0.2, 0.25) is 0 Å². The van der Waals surface area contributed by atoms with Gasteiger partial charge in [0.15, 0.2) is 5.78 Å². The van der Waals surface area contributed by atoms with Gasteiger partial charge in [-0.3, -0.25) is 9.59 Å². The van der Waals surface area contributed by atoms with E-state index in [1.54, 1.807) is 6.07 Å². The monoisotopic (exact) mass is 264 g/mol. The average molecular weight is 264 g/mol. The van der Waals surface area contributed by atoms with E-state index >= 15 is 0 Å². The van der Waals surface area contributed by atoms with Gasteiger partial charge >= 0.3 is 5.97 Å². The Balaban J connectivity index is 2.07. The molecule has 2 atom stereocenters. The van der Waals surface area contributed by atoms with Gasteiger partial charge in [0.1, 0.15) is 5.82 Å². The Morgan fingerprint density at radius 2 is 2.00 bits per heavy atom. The number of carboxylic acid groups (broad SMARTS) is 1. The van der Waals surface area contributed by atoms with E-state index < -0.39 is 17.7 Å². The Morgan fingerprint density at radius 1 is 1.26 bits per heavy atom. The number of benzene rings is 1. The molecule has 0 spiro atoms. The molecule has 0 aliphatic heterocycles. The maximum Gasteiger partial charge on any atom is 0.306 e. The van der Waals surface area contributed by atoms with Crippen molar-refractivity contribution in [2.24, 2.45) is 11.8 Å². The zero-order valence-electron chi connectivity index (χ0n) is 10.6. The van der Waals surface area contributed by atoms with Gasteiger partial charge in [0.2, 0.25) is 0 Å². The molecule has 3 nitrogen and oxygen atoms in total. The number of aliphatic carboxylic acids is 1. The van der Waals surface area contributed by atoms with Gasteiger partial charge in [-0.25, -0.2) is 4.39 Å². The van der Waals surface area contributed by atoms with Crippen molar-refractivity contribution in [2.45, 2.75) is 32.1 Å². The Kier molecular flexibility index (Phi) is 4.30. The summed E-state index contributed by atoms with van der Waals surface area (Å²) in [5.74, 6) is -1.99. The van der Waals surface area contributed by atoms with Crippen LogP contribution in [0.15, 0.2) is 24.3 Å². The van der Waals surface area contributed by atoms with Crippen LogP contribution < -0.4 is 0 Å². The Labute approximate surface area is 111 Å². The van der Waals surface area contributed by atoms with E-state index in [1.807, 2.05) is 0 Å². The van der Waals surface area contributed by atoms with Crippen LogP contribution >= 0.6 is 0 Å². The third kappa shape index (κ3) is 3.40. The summed E-state index contributed by atoms with van der Waals surface area (Å²) < 4.78 is 13.1. The second kappa shape index (κ2) is 5.95. The zero-order chi connectivity index (χ0) is 13.8. The van der Waals surface area contributed by atoms with E-state index in [2.05, 4.69) is 0 Å². The van der Waals surface area contributed by atoms with Gasteiger partial charge in [-0.05, 0) is 30.9 Å². The van der Waals surface area contributed by atoms with Crippen LogP contribution in [-0.4, -0.2) is 16.9 Å². The molecule has 4 heteroatoms. The standard InChI is InChI=1S/C15H17FO3/c16-12-6-3-5-11(8-12)14(17)9-10-4-1-2-7-13(10)15(18)19/h3,5-6,8,10,13H,1-2,4,7,9H2,(H,18,19)/t10-,13-/m0/s1. The van der Waals surface area contributed by atoms with Crippen molar-refractivity contribution in [3.8, 4) is 0 Å². The number of halogens is 1. The lowest BCUT2D eigenvalue weighted by molar-refractivity contribution is -0.144. The molecular formula is C15H17FO3. The van der Waals surface area contributed by atoms with Crippen molar-refractivity contribution in [1.82, 2.24) is 0 Å². The highest BCUT2D eigenvalue weighted by molar-refractivity contribution is 5.96. The number of hydrogen-bond acceptors (Lipinski definition) is 2. The molecule has 1 N–H and O–H groups in total. The van der Waals surface area contributed by atoms with Gasteiger partial charge < -0.3 is 5.11 Å². The summed E-state index contributed by atoms with van der Waals surface area (Å²) in [7, 11) is 0. The number of carbonyl (C=O) groups is 2. The van der Waals surface area contributed by atoms with Crippen LogP contribution in [-0.2, 0) is 4.79 Å². The minimum absolute atomic E-state index is 0.123. The van der Waals surface area contributed by atoms with Crippen LogP contribution in [0.3, 0.4) is 0 Å². The minimum atomic E-state index is -0.822. The molecule has 0 bridgehead atoms. The van der Waals surface area contributed by atoms with Crippen molar-refractivity contribution < 1.29 is 19.1 Å². The van der Waals surface area contributed by atoms with Gasteiger partial charge in [0.05, 0.1) is 5.92 Å². The smallest absolute Gasteiger partial charge is 0.306 e. The summed E-state index contributed by atoms with van der Waals surface area (Å²) in [6.07, 6.45) is 3.46. The second-order valence-electron chi connectivity index (χ2n) is 5.13. The highest BCUT2D eigenvalue weighted by Crippen LogP contribution is 2.33. The summed E-state index contributed by atoms with van der Waals surface area (Å²) in [6, 6.07) is 5.57. The van der Waals surface area contributed by atoms with Crippen LogP contribution in [0, 0.1) is 17.7 Å². The van der Waals surface area contributed by atoms with Gasteiger partial charge in [-0.2, -0.15) is 0 Å². The third-order valence-electron chi connectivity index (χ3n) is 3.82. The highest BCUT2D eigenvalue weighted by Gasteiger charge is 2.32. The van der Waals surface area contributed by atoms with Gasteiger partial charge in [-0.15, -0.1) is 0 Å². The fraction of sp³-hybridized carbons (Fsp3) is 0.467. The van der Waals surface area contributed by atoms with Crippen molar-refractivity contribution in [2.75, 3.05) is 0 Å². The lowest BCUT2D eigenvalue weighted by Crippen LogP contribution is -2.28. The molecule has 0 unspecified atom stereocenters. The summed E-state index contributed by atoms with van der Waals surface area (Å²) in [5, 5.41) is 9.16. The Morgan fingerprint density at radius 3 is 2.68 bits per heavy atom. The third-order valence-corrected chi connectivity index (χ3v) is 3.82. The first-order valence-corrected chi connectivity index (χ1v) is 6.59. The predicted molar refractivity (Wildman–Crippen MR) is 68.4 cm³/mol. The topological polar surface area (TPSA) is 54.4 Å². The largest absolute Gasteiger partial charge is 0.481 e. The number of carboxylic acids is 1. The lowest BCUT2D eigenvalue weighted by Gasteiger charge is -2.27. The number of Topliss-reactive ketones (excluding diaryl/α,β-unsaturated/α-hetero) is 1. The molecule has 19 heavy (non-hydrogen) atoms. The van der Waals surface area contributed by atoms with E-state index in [4.69, 9.17) is 5.11 Å². The van der Waals surface area contributed by atoms with E-state index in [1.165, 1.54) is 18.2 Å². The SMILES string of the molecule is O=C(C[C@@H]1CCCC[C@@H]1C(=O)O)c1cccc(F)c1. The molecule has 102 valence electrons. The van der Waals surface area contributed by atoms with E-state index in [-0.39, 0.29) is 18.1 Å². The van der Waals surface area contributed by atoms with Crippen LogP contribution in [0.25, 0.3) is 0 Å². The molecule has 1 fully saturated rings. The molecule has 0 saturated heterocycles. The zero-order valence-corrected chi connectivity index (χ0v) is 10.6. The normalized spacial score (nSPS) is 23.0. The van der Waals surface area contributed by atoms with Crippen molar-refractivity contribution in [3.63, 3.8) is 0 Å². The number of ketones is 1. The highest BCUT2D eigenvalue weighted by atomic mass is 19.1. The van der Waals surface area contributed by atoms with Gasteiger partial charge in [0, 0.05) is 12.0 Å². The molecule has 1 aromatic carbocycles. The molecule has 0 radical (unpaired) electrons. The molecule has 1 aliphatic carbocycles. The summed E-state index contributed by atoms with van der Waals surface area (Å²) >= 11 is 0. The fourth-order valence-corrected chi connectivity index (χ4v) is 2.80. The van der Waals surface area contributed by atoms with Crippen molar-refractivity contribution in [3.05, 3.63) is 35.6 Å². The summed E-state index contributed by atoms with van der Waals surface area (Å²) in [4.78, 5) is 23.2. The maximum atomic E-state index is 13.1. The first-order valence-electron chi connectivity index (χ1n) is 6.59. The Bertz CT molecular complexity index is 484. The van der Waals surface area contributed by atoms with E-state index in [0.29, 0.717) is 12.0 Å². The van der Waals surface area contributed by atoms with Gasteiger partial charge in [-0.1, -0.05) is 25.0 Å². The Hall–Kier alpha value is -1.71. The van der Waals surface area contributed by atoms with Crippen molar-refractivity contribution in [1.29, 1.82) is 0 Å². The lowest BCUT2D eigenvalue weighted by atomic mass is 9.76. The van der Waals surface area contributed by atoms with E-state index in [9.17, 15) is 14.0 Å². The van der Waals surface area contributed by atoms with Crippen molar-refractivity contribution >= 4 is 11.8 Å². The summed E-state index contributed by atoms with van der Waals surface area (Å²) in [5.41, 5.74) is 0.328. The molecule has 0 heterocycles. The second-order valence-corrected chi connectivity index (χ2v) is 5.13. The minimum Gasteiger partial charge on any atom is -0.481 e.